The van der Waals surface area contributed by atoms with Crippen LogP contribution in [0.25, 0.3) is 0 Å². The van der Waals surface area contributed by atoms with Crippen molar-refractivity contribution in [3.05, 3.63) is 29.8 Å². The van der Waals surface area contributed by atoms with Gasteiger partial charge >= 0.3 is 0 Å². The minimum Gasteiger partial charge on any atom is -0.398 e. The topological polar surface area (TPSA) is 128 Å². The molecule has 0 atom stereocenters. The van der Waals surface area contributed by atoms with E-state index in [0.717, 1.165) is 4.31 Å². The molecule has 5 N–H and O–H groups in total. The summed E-state index contributed by atoms with van der Waals surface area (Å²) in [5.74, 6) is -0.749. The summed E-state index contributed by atoms with van der Waals surface area (Å²) >= 11 is 0. The summed E-state index contributed by atoms with van der Waals surface area (Å²) in [4.78, 5) is 11.1. The van der Waals surface area contributed by atoms with Crippen LogP contribution in [-0.4, -0.2) is 45.4 Å². The summed E-state index contributed by atoms with van der Waals surface area (Å²) in [6.07, 6.45) is 0. The molecule has 0 fully saturated rings. The highest BCUT2D eigenvalue weighted by Gasteiger charge is 2.24. The SMILES string of the molecule is COCCNS(=O)(=O)N(CC(N)=O)Cc1ccccc1N. The number of nitrogen functional groups attached to an aromatic ring is 1. The molecule has 0 bridgehead atoms. The third-order valence-corrected chi connectivity index (χ3v) is 4.17. The molecule has 0 aliphatic rings. The Morgan fingerprint density at radius 3 is 2.62 bits per heavy atom. The first-order valence-corrected chi connectivity index (χ1v) is 7.66. The fourth-order valence-electron chi connectivity index (χ4n) is 1.63. The lowest BCUT2D eigenvalue weighted by Crippen LogP contribution is -2.45. The molecule has 8 nitrogen and oxygen atoms in total. The number of nitrogens with zero attached hydrogens (tertiary/aromatic N) is 1. The van der Waals surface area contributed by atoms with Crippen LogP contribution >= 0.6 is 0 Å². The third kappa shape index (κ3) is 5.68. The van der Waals surface area contributed by atoms with Gasteiger partial charge < -0.3 is 16.2 Å². The monoisotopic (exact) mass is 316 g/mol. The number of methoxy groups -OCH3 is 1. The quantitative estimate of drug-likeness (QED) is 0.399. The number of amides is 1. The molecular formula is C12H20N4O4S. The second-order valence-electron chi connectivity index (χ2n) is 4.33. The van der Waals surface area contributed by atoms with E-state index >= 15 is 0 Å². The zero-order valence-corrected chi connectivity index (χ0v) is 12.6. The van der Waals surface area contributed by atoms with Crippen molar-refractivity contribution in [3.8, 4) is 0 Å². The average Bonchev–Trinajstić information content (AvgIpc) is 2.40. The Bertz CT molecular complexity index is 576. The van der Waals surface area contributed by atoms with Gasteiger partial charge in [-0.3, -0.25) is 4.79 Å². The zero-order valence-electron chi connectivity index (χ0n) is 11.8. The summed E-state index contributed by atoms with van der Waals surface area (Å²) in [5.41, 5.74) is 11.9. The molecule has 1 amide bonds. The van der Waals surface area contributed by atoms with Gasteiger partial charge in [0.15, 0.2) is 0 Å². The van der Waals surface area contributed by atoms with Gasteiger partial charge in [-0.15, -0.1) is 0 Å². The summed E-state index contributed by atoms with van der Waals surface area (Å²) in [5, 5.41) is 0. The maximum Gasteiger partial charge on any atom is 0.280 e. The van der Waals surface area contributed by atoms with Crippen LogP contribution in [0.5, 0.6) is 0 Å². The number of nitrogens with two attached hydrogens (primary N) is 2. The van der Waals surface area contributed by atoms with Gasteiger partial charge in [-0.25, -0.2) is 0 Å². The second-order valence-corrected chi connectivity index (χ2v) is 6.08. The van der Waals surface area contributed by atoms with E-state index in [2.05, 4.69) is 4.72 Å². The van der Waals surface area contributed by atoms with E-state index in [9.17, 15) is 13.2 Å². The number of ether oxygens (including phenoxy) is 1. The molecule has 0 aliphatic heterocycles. The molecule has 0 aromatic heterocycles. The van der Waals surface area contributed by atoms with Crippen molar-refractivity contribution >= 4 is 21.8 Å². The van der Waals surface area contributed by atoms with Gasteiger partial charge in [0.2, 0.25) is 5.91 Å². The molecule has 0 heterocycles. The van der Waals surface area contributed by atoms with Crippen LogP contribution in [-0.2, 0) is 26.3 Å². The first-order chi connectivity index (χ1) is 9.86. The van der Waals surface area contributed by atoms with E-state index in [1.165, 1.54) is 7.11 Å². The van der Waals surface area contributed by atoms with Crippen LogP contribution in [0.4, 0.5) is 5.69 Å². The van der Waals surface area contributed by atoms with Gasteiger partial charge in [0, 0.05) is 25.9 Å². The van der Waals surface area contributed by atoms with E-state index < -0.39 is 22.7 Å². The number of primary amides is 1. The molecule has 1 aromatic rings. The molecule has 118 valence electrons. The van der Waals surface area contributed by atoms with Crippen LogP contribution in [0.15, 0.2) is 24.3 Å². The lowest BCUT2D eigenvalue weighted by molar-refractivity contribution is -0.118. The number of anilines is 1. The number of benzene rings is 1. The molecule has 0 aliphatic carbocycles. The van der Waals surface area contributed by atoms with Crippen molar-refractivity contribution in [2.24, 2.45) is 5.73 Å². The van der Waals surface area contributed by atoms with Crippen LogP contribution in [0.2, 0.25) is 0 Å². The van der Waals surface area contributed by atoms with Crippen LogP contribution < -0.4 is 16.2 Å². The van der Waals surface area contributed by atoms with Crippen molar-refractivity contribution in [3.63, 3.8) is 0 Å². The maximum atomic E-state index is 12.2. The normalized spacial score (nSPS) is 11.7. The highest BCUT2D eigenvalue weighted by Crippen LogP contribution is 2.15. The lowest BCUT2D eigenvalue weighted by Gasteiger charge is -2.21. The largest absolute Gasteiger partial charge is 0.398 e. The minimum absolute atomic E-state index is 0.0437. The van der Waals surface area contributed by atoms with Gasteiger partial charge in [-0.1, -0.05) is 18.2 Å². The van der Waals surface area contributed by atoms with Gasteiger partial charge in [0.1, 0.15) is 0 Å². The minimum atomic E-state index is -3.86. The van der Waals surface area contributed by atoms with E-state index in [1.807, 2.05) is 0 Å². The third-order valence-electron chi connectivity index (χ3n) is 2.66. The zero-order chi connectivity index (χ0) is 15.9. The number of carbonyl (C=O) groups is 1. The summed E-state index contributed by atoms with van der Waals surface area (Å²) < 4.78 is 32.4. The smallest absolute Gasteiger partial charge is 0.280 e. The Labute approximate surface area is 124 Å². The Kier molecular flexibility index (Phi) is 6.56. The van der Waals surface area contributed by atoms with E-state index in [0.29, 0.717) is 11.3 Å². The van der Waals surface area contributed by atoms with E-state index in [4.69, 9.17) is 16.2 Å². The molecule has 1 rings (SSSR count). The van der Waals surface area contributed by atoms with Crippen molar-refractivity contribution in [1.29, 1.82) is 0 Å². The second kappa shape index (κ2) is 7.93. The molecule has 0 radical (unpaired) electrons. The predicted molar refractivity (Wildman–Crippen MR) is 79.3 cm³/mol. The fourth-order valence-corrected chi connectivity index (χ4v) is 2.76. The Balaban J connectivity index is 2.90. The van der Waals surface area contributed by atoms with Crippen LogP contribution in [0.1, 0.15) is 5.56 Å². The van der Waals surface area contributed by atoms with Gasteiger partial charge in [0.25, 0.3) is 10.2 Å². The highest BCUT2D eigenvalue weighted by atomic mass is 32.2. The van der Waals surface area contributed by atoms with Gasteiger partial charge in [0.05, 0.1) is 13.2 Å². The predicted octanol–water partition coefficient (Wildman–Crippen LogP) is -0.963. The number of nitrogens with one attached hydrogen (secondary N) is 1. The van der Waals surface area contributed by atoms with Gasteiger partial charge in [-0.05, 0) is 11.6 Å². The average molecular weight is 316 g/mol. The Morgan fingerprint density at radius 2 is 2.05 bits per heavy atom. The Morgan fingerprint density at radius 1 is 1.38 bits per heavy atom. The molecule has 0 spiro atoms. The molecule has 9 heteroatoms. The number of para-hydroxylation sites is 1. The molecule has 0 saturated heterocycles. The lowest BCUT2D eigenvalue weighted by atomic mass is 10.2. The Hall–Kier alpha value is -1.68. The molecule has 21 heavy (non-hydrogen) atoms. The van der Waals surface area contributed by atoms with Gasteiger partial charge in [-0.2, -0.15) is 17.4 Å². The molecule has 0 unspecified atom stereocenters. The standard InChI is InChI=1S/C12H20N4O4S/c1-20-7-6-15-21(18,19)16(9-12(14)17)8-10-4-2-3-5-11(10)13/h2-5,15H,6-9,13H2,1H3,(H2,14,17). The number of hydrogen-bond donors (Lipinski definition) is 3. The van der Waals surface area contributed by atoms with Crippen molar-refractivity contribution in [1.82, 2.24) is 9.03 Å². The van der Waals surface area contributed by atoms with Crippen LogP contribution in [0.3, 0.4) is 0 Å². The summed E-state index contributed by atoms with van der Waals surface area (Å²) in [6, 6.07) is 6.82. The van der Waals surface area contributed by atoms with Crippen molar-refractivity contribution in [2.45, 2.75) is 6.54 Å². The van der Waals surface area contributed by atoms with Crippen molar-refractivity contribution in [2.75, 3.05) is 32.5 Å². The van der Waals surface area contributed by atoms with E-state index in [1.54, 1.807) is 24.3 Å². The van der Waals surface area contributed by atoms with E-state index in [-0.39, 0.29) is 19.7 Å². The first kappa shape index (κ1) is 17.4. The summed E-state index contributed by atoms with van der Waals surface area (Å²) in [7, 11) is -2.40. The number of carbonyl (C=O) groups excluding carboxylic acids is 1. The number of rotatable bonds is 9. The molecule has 1 aromatic carbocycles. The highest BCUT2D eigenvalue weighted by molar-refractivity contribution is 7.87. The fraction of sp³-hybridized carbons (Fsp3) is 0.417. The molecule has 0 saturated carbocycles. The summed E-state index contributed by atoms with van der Waals surface area (Å²) in [6.45, 7) is -0.163. The van der Waals surface area contributed by atoms with Crippen molar-refractivity contribution < 1.29 is 17.9 Å². The molecular weight excluding hydrogens is 296 g/mol. The number of hydrogen-bond acceptors (Lipinski definition) is 5. The first-order valence-electron chi connectivity index (χ1n) is 6.22. The maximum absolute atomic E-state index is 12.2. The van der Waals surface area contributed by atoms with Crippen LogP contribution in [0, 0.1) is 0 Å².